The Labute approximate surface area is 146 Å². The van der Waals surface area contributed by atoms with Gasteiger partial charge >= 0.3 is 0 Å². The number of pyridine rings is 2. The summed E-state index contributed by atoms with van der Waals surface area (Å²) in [7, 11) is 0. The highest BCUT2D eigenvalue weighted by Crippen LogP contribution is 2.30. The lowest BCUT2D eigenvalue weighted by Gasteiger charge is -2.34. The summed E-state index contributed by atoms with van der Waals surface area (Å²) in [5.41, 5.74) is 1.83. The zero-order valence-corrected chi connectivity index (χ0v) is 13.9. The van der Waals surface area contributed by atoms with Crippen LogP contribution in [0.2, 0.25) is 0 Å². The van der Waals surface area contributed by atoms with Crippen LogP contribution >= 0.6 is 0 Å². The van der Waals surface area contributed by atoms with Gasteiger partial charge < -0.3 is 9.47 Å². The Kier molecular flexibility index (Phi) is 4.41. The maximum atomic E-state index is 14.1. The van der Waals surface area contributed by atoms with Gasteiger partial charge in [0.1, 0.15) is 5.82 Å². The van der Waals surface area contributed by atoms with E-state index in [1.807, 2.05) is 24.5 Å². The minimum absolute atomic E-state index is 0.261. The number of halogens is 1. The summed E-state index contributed by atoms with van der Waals surface area (Å²) in [5.74, 6) is 1.09. The molecule has 0 aliphatic carbocycles. The van der Waals surface area contributed by atoms with E-state index in [9.17, 15) is 4.39 Å². The van der Waals surface area contributed by atoms with E-state index in [1.165, 1.54) is 11.8 Å². The van der Waals surface area contributed by atoms with Crippen LogP contribution in [0.5, 0.6) is 0 Å². The summed E-state index contributed by atoms with van der Waals surface area (Å²) in [5, 5.41) is 0. The normalized spacial score (nSPS) is 17.6. The molecule has 1 fully saturated rings. The molecule has 4 heterocycles. The minimum atomic E-state index is -0.261. The van der Waals surface area contributed by atoms with Gasteiger partial charge in [-0.05, 0) is 36.6 Å². The van der Waals surface area contributed by atoms with E-state index in [0.29, 0.717) is 5.69 Å². The number of hydrogen-bond acceptors (Lipinski definition) is 4. The van der Waals surface area contributed by atoms with Gasteiger partial charge in [0.25, 0.3) is 0 Å². The van der Waals surface area contributed by atoms with Crippen molar-refractivity contribution in [3.8, 4) is 0 Å². The molecule has 0 saturated carbocycles. The Balaban J connectivity index is 1.54. The molecule has 0 radical (unpaired) electrons. The van der Waals surface area contributed by atoms with Gasteiger partial charge in [-0.3, -0.25) is 9.97 Å². The maximum Gasteiger partial charge on any atom is 0.164 e. The van der Waals surface area contributed by atoms with Crippen LogP contribution in [0, 0.1) is 5.82 Å². The fourth-order valence-corrected chi connectivity index (χ4v) is 3.53. The van der Waals surface area contributed by atoms with Gasteiger partial charge in [-0.15, -0.1) is 0 Å². The van der Waals surface area contributed by atoms with Crippen molar-refractivity contribution < 1.29 is 4.39 Å². The Hall–Kier alpha value is -2.76. The molecule has 128 valence electrons. The largest absolute Gasteiger partial charge is 0.368 e. The first kappa shape index (κ1) is 15.7. The fourth-order valence-electron chi connectivity index (χ4n) is 3.53. The van der Waals surface area contributed by atoms with Gasteiger partial charge in [0.2, 0.25) is 0 Å². The van der Waals surface area contributed by atoms with Crippen LogP contribution in [0.25, 0.3) is 0 Å². The Bertz CT molecular complexity index is 833. The molecule has 0 bridgehead atoms. The van der Waals surface area contributed by atoms with E-state index < -0.39 is 0 Å². The third kappa shape index (κ3) is 3.38. The second kappa shape index (κ2) is 7.01. The number of aromatic nitrogens is 4. The third-order valence-electron chi connectivity index (χ3n) is 4.73. The predicted octanol–water partition coefficient (Wildman–Crippen LogP) is 3.24. The lowest BCUT2D eigenvalue weighted by molar-refractivity contribution is 0.470. The summed E-state index contributed by atoms with van der Waals surface area (Å²) >= 11 is 0. The molecule has 1 unspecified atom stereocenters. The summed E-state index contributed by atoms with van der Waals surface area (Å²) in [4.78, 5) is 14.6. The molecule has 0 spiro atoms. The molecule has 3 aromatic heterocycles. The number of rotatable bonds is 4. The van der Waals surface area contributed by atoms with Crippen molar-refractivity contribution in [3.05, 3.63) is 72.6 Å². The molecule has 1 aliphatic rings. The molecular formula is C19H20FN5. The van der Waals surface area contributed by atoms with E-state index in [4.69, 9.17) is 0 Å². The monoisotopic (exact) mass is 337 g/mol. The highest BCUT2D eigenvalue weighted by Gasteiger charge is 2.26. The first-order valence-electron chi connectivity index (χ1n) is 8.55. The van der Waals surface area contributed by atoms with Crippen LogP contribution in [0.4, 0.5) is 10.1 Å². The minimum Gasteiger partial charge on any atom is -0.368 e. The van der Waals surface area contributed by atoms with Crippen molar-refractivity contribution in [1.29, 1.82) is 0 Å². The molecule has 0 aromatic carbocycles. The molecule has 1 saturated heterocycles. The predicted molar refractivity (Wildman–Crippen MR) is 93.9 cm³/mol. The quantitative estimate of drug-likeness (QED) is 0.733. The van der Waals surface area contributed by atoms with E-state index in [1.54, 1.807) is 24.7 Å². The third-order valence-corrected chi connectivity index (χ3v) is 4.73. The van der Waals surface area contributed by atoms with Crippen molar-refractivity contribution in [2.75, 3.05) is 18.0 Å². The standard InChI is InChI=1S/C19H20FN5/c20-17-12-22-8-5-18(17)24-10-1-2-16(14-24)19-23-9-11-25(19)13-15-3-6-21-7-4-15/h3-9,11-12,16H,1-2,10,13-14H2. The molecular weight excluding hydrogens is 317 g/mol. The van der Waals surface area contributed by atoms with Crippen LogP contribution in [0.15, 0.2) is 55.4 Å². The van der Waals surface area contributed by atoms with Crippen molar-refractivity contribution in [2.24, 2.45) is 0 Å². The summed E-state index contributed by atoms with van der Waals surface area (Å²) < 4.78 is 16.3. The molecule has 6 heteroatoms. The Morgan fingerprint density at radius 2 is 1.92 bits per heavy atom. The number of piperidine rings is 1. The highest BCUT2D eigenvalue weighted by molar-refractivity contribution is 5.47. The van der Waals surface area contributed by atoms with E-state index >= 15 is 0 Å². The average Bonchev–Trinajstić information content (AvgIpc) is 3.11. The van der Waals surface area contributed by atoms with Gasteiger partial charge in [0.15, 0.2) is 5.82 Å². The second-order valence-corrected chi connectivity index (χ2v) is 6.38. The van der Waals surface area contributed by atoms with Gasteiger partial charge in [-0.25, -0.2) is 9.37 Å². The van der Waals surface area contributed by atoms with Crippen molar-refractivity contribution >= 4 is 5.69 Å². The van der Waals surface area contributed by atoms with Gasteiger partial charge in [-0.1, -0.05) is 0 Å². The number of imidazole rings is 1. The lowest BCUT2D eigenvalue weighted by atomic mass is 9.96. The van der Waals surface area contributed by atoms with E-state index in [2.05, 4.69) is 24.4 Å². The zero-order valence-electron chi connectivity index (χ0n) is 13.9. The van der Waals surface area contributed by atoms with Gasteiger partial charge in [0.05, 0.1) is 11.9 Å². The highest BCUT2D eigenvalue weighted by atomic mass is 19.1. The zero-order chi connectivity index (χ0) is 17.1. The van der Waals surface area contributed by atoms with Crippen molar-refractivity contribution in [1.82, 2.24) is 19.5 Å². The van der Waals surface area contributed by atoms with Crippen LogP contribution in [0.3, 0.4) is 0 Å². The van der Waals surface area contributed by atoms with Crippen molar-refractivity contribution in [2.45, 2.75) is 25.3 Å². The smallest absolute Gasteiger partial charge is 0.164 e. The van der Waals surface area contributed by atoms with Crippen LogP contribution in [-0.2, 0) is 6.54 Å². The van der Waals surface area contributed by atoms with Gasteiger partial charge in [0, 0.05) is 56.5 Å². The topological polar surface area (TPSA) is 46.8 Å². The molecule has 4 rings (SSSR count). The van der Waals surface area contributed by atoms with Crippen LogP contribution in [0.1, 0.15) is 30.1 Å². The molecule has 0 amide bonds. The van der Waals surface area contributed by atoms with E-state index in [-0.39, 0.29) is 11.7 Å². The summed E-state index contributed by atoms with van der Waals surface area (Å²) in [6.07, 6.45) is 12.5. The molecule has 0 N–H and O–H groups in total. The molecule has 5 nitrogen and oxygen atoms in total. The Morgan fingerprint density at radius 3 is 2.76 bits per heavy atom. The summed E-state index contributed by atoms with van der Waals surface area (Å²) in [6.45, 7) is 2.41. The Morgan fingerprint density at radius 1 is 1.08 bits per heavy atom. The second-order valence-electron chi connectivity index (χ2n) is 6.38. The lowest BCUT2D eigenvalue weighted by Crippen LogP contribution is -2.36. The fraction of sp³-hybridized carbons (Fsp3) is 0.316. The first-order chi connectivity index (χ1) is 12.3. The number of nitrogens with zero attached hydrogens (tertiary/aromatic N) is 5. The number of hydrogen-bond donors (Lipinski definition) is 0. The van der Waals surface area contributed by atoms with E-state index in [0.717, 1.165) is 38.3 Å². The SMILES string of the molecule is Fc1cnccc1N1CCCC(c2nccn2Cc2ccncc2)C1. The first-order valence-corrected chi connectivity index (χ1v) is 8.55. The number of anilines is 1. The average molecular weight is 337 g/mol. The summed E-state index contributed by atoms with van der Waals surface area (Å²) in [6, 6.07) is 5.79. The van der Waals surface area contributed by atoms with Crippen LogP contribution < -0.4 is 4.90 Å². The van der Waals surface area contributed by atoms with Crippen LogP contribution in [-0.4, -0.2) is 32.6 Å². The molecule has 3 aromatic rings. The van der Waals surface area contributed by atoms with Crippen molar-refractivity contribution in [3.63, 3.8) is 0 Å². The maximum absolute atomic E-state index is 14.1. The molecule has 1 atom stereocenters. The molecule has 1 aliphatic heterocycles. The molecule has 25 heavy (non-hydrogen) atoms. The van der Waals surface area contributed by atoms with Gasteiger partial charge in [-0.2, -0.15) is 0 Å².